The predicted octanol–water partition coefficient (Wildman–Crippen LogP) is 5.48. The van der Waals surface area contributed by atoms with Crippen molar-refractivity contribution in [2.24, 2.45) is 11.8 Å². The Balaban J connectivity index is 1.22. The second-order valence-corrected chi connectivity index (χ2v) is 12.9. The lowest BCUT2D eigenvalue weighted by molar-refractivity contribution is -0.119. The highest BCUT2D eigenvalue weighted by Gasteiger charge is 2.45. The van der Waals surface area contributed by atoms with Gasteiger partial charge in [0.15, 0.2) is 11.6 Å². The second-order valence-electron chi connectivity index (χ2n) is 12.9. The quantitative estimate of drug-likeness (QED) is 0.554. The maximum atomic E-state index is 14.1. The maximum absolute atomic E-state index is 14.1. The Kier molecular flexibility index (Phi) is 6.14. The van der Waals surface area contributed by atoms with Crippen LogP contribution in [-0.2, 0) is 4.79 Å². The van der Waals surface area contributed by atoms with Gasteiger partial charge < -0.3 is 9.47 Å². The highest BCUT2D eigenvalue weighted by atomic mass is 16.1. The van der Waals surface area contributed by atoms with Crippen molar-refractivity contribution in [1.82, 2.24) is 14.5 Å². The smallest absolute Gasteiger partial charge is 0.294 e. The fraction of sp³-hybridized carbons (Fsp3) is 0.710. The van der Waals surface area contributed by atoms with Gasteiger partial charge in [-0.3, -0.25) is 14.5 Å². The molecular formula is C31H42N4O2. The van der Waals surface area contributed by atoms with Crippen LogP contribution >= 0.6 is 0 Å². The number of hydrogen-bond acceptors (Lipinski definition) is 5. The van der Waals surface area contributed by atoms with E-state index in [2.05, 4.69) is 15.5 Å². The Labute approximate surface area is 220 Å². The van der Waals surface area contributed by atoms with Gasteiger partial charge in [-0.25, -0.2) is 4.98 Å². The molecule has 1 aromatic heterocycles. The van der Waals surface area contributed by atoms with E-state index in [1.807, 2.05) is 23.1 Å². The molecule has 2 saturated carbocycles. The molecule has 0 spiro atoms. The largest absolute Gasteiger partial charge is 0.342 e. The summed E-state index contributed by atoms with van der Waals surface area (Å²) in [6.45, 7) is 2.37. The number of nitrogens with zero attached hydrogens (tertiary/aromatic N) is 4. The van der Waals surface area contributed by atoms with Gasteiger partial charge >= 0.3 is 0 Å². The van der Waals surface area contributed by atoms with Gasteiger partial charge in [-0.05, 0) is 82.3 Å². The molecule has 3 saturated heterocycles. The summed E-state index contributed by atoms with van der Waals surface area (Å²) in [5, 5.41) is 0. The number of hydrogen-bond donors (Lipinski definition) is 0. The van der Waals surface area contributed by atoms with E-state index in [9.17, 15) is 9.59 Å². The fourth-order valence-corrected chi connectivity index (χ4v) is 9.06. The Morgan fingerprint density at radius 1 is 0.811 bits per heavy atom. The summed E-state index contributed by atoms with van der Waals surface area (Å²) >= 11 is 0. The van der Waals surface area contributed by atoms with E-state index in [0.717, 1.165) is 54.7 Å². The van der Waals surface area contributed by atoms with E-state index >= 15 is 0 Å². The number of carbonyl (C=O) groups is 1. The van der Waals surface area contributed by atoms with Crippen LogP contribution in [0, 0.1) is 11.8 Å². The average Bonchev–Trinajstić information content (AvgIpc) is 3.02. The number of carbonyl (C=O) groups excluding carboxylic acids is 1. The number of rotatable bonds is 4. The standard InChI is InChI=1S/C31H42N4O2/c1-20(36)28-13-14-33(28)30-31(37)35(29-12-5-4-11-27(29)32-30)26-18-23-9-6-10-24(19-26)34(23)25-16-21-7-2-3-8-22(15-21)17-25/h4-5,11-12,21-26,28H,2-3,6-10,13-19H2,1H3. The summed E-state index contributed by atoms with van der Waals surface area (Å²) in [6, 6.07) is 10.0. The van der Waals surface area contributed by atoms with Crippen molar-refractivity contribution in [3.63, 3.8) is 0 Å². The first-order chi connectivity index (χ1) is 18.1. The molecule has 7 rings (SSSR count). The van der Waals surface area contributed by atoms with Crippen molar-refractivity contribution in [3.8, 4) is 0 Å². The molecule has 1 aromatic carbocycles. The molecule has 6 heteroatoms. The third-order valence-electron chi connectivity index (χ3n) is 10.7. The maximum Gasteiger partial charge on any atom is 0.294 e. The van der Waals surface area contributed by atoms with Crippen LogP contribution < -0.4 is 10.5 Å². The third kappa shape index (κ3) is 4.14. The van der Waals surface area contributed by atoms with E-state index < -0.39 is 0 Å². The van der Waals surface area contributed by atoms with Crippen molar-refractivity contribution in [2.45, 2.75) is 121 Å². The molecule has 2 aliphatic carbocycles. The van der Waals surface area contributed by atoms with Crippen molar-refractivity contribution in [2.75, 3.05) is 11.4 Å². The minimum atomic E-state index is -0.203. The highest BCUT2D eigenvalue weighted by molar-refractivity contribution is 5.87. The Hall–Kier alpha value is -2.21. The van der Waals surface area contributed by atoms with Gasteiger partial charge in [0.25, 0.3) is 5.56 Å². The molecule has 5 aliphatic rings. The van der Waals surface area contributed by atoms with E-state index in [0.29, 0.717) is 17.9 Å². The number of aromatic nitrogens is 2. The molecule has 4 bridgehead atoms. The Morgan fingerprint density at radius 3 is 2.16 bits per heavy atom. The van der Waals surface area contributed by atoms with Gasteiger partial charge in [0.05, 0.1) is 17.1 Å². The predicted molar refractivity (Wildman–Crippen MR) is 147 cm³/mol. The molecule has 37 heavy (non-hydrogen) atoms. The number of Topliss-reactive ketones (excluding diaryl/α,β-unsaturated/α-hetero) is 1. The van der Waals surface area contributed by atoms with Crippen LogP contribution in [-0.4, -0.2) is 50.9 Å². The average molecular weight is 503 g/mol. The van der Waals surface area contributed by atoms with Crippen LogP contribution in [0.25, 0.3) is 11.0 Å². The molecule has 0 N–H and O–H groups in total. The topological polar surface area (TPSA) is 58.4 Å². The van der Waals surface area contributed by atoms with Crippen molar-refractivity contribution in [1.29, 1.82) is 0 Å². The van der Waals surface area contributed by atoms with Gasteiger partial charge in [-0.1, -0.05) is 44.2 Å². The summed E-state index contributed by atoms with van der Waals surface area (Å²) in [6.07, 6.45) is 16.8. The van der Waals surface area contributed by atoms with Gasteiger partial charge in [0.2, 0.25) is 0 Å². The summed E-state index contributed by atoms with van der Waals surface area (Å²) < 4.78 is 2.09. The zero-order valence-corrected chi connectivity index (χ0v) is 22.4. The number of fused-ring (bicyclic) bond motifs is 5. The summed E-state index contributed by atoms with van der Waals surface area (Å²) in [4.78, 5) is 36.0. The SMILES string of the molecule is CC(=O)C1CCN1c1nc2ccccc2n(C2CC3CCCC(C2)N3C2CC3CCCCC(C3)C2)c1=O. The molecule has 0 radical (unpaired) electrons. The number of benzene rings is 1. The molecule has 198 valence electrons. The molecule has 5 unspecified atom stereocenters. The van der Waals surface area contributed by atoms with E-state index in [1.54, 1.807) is 6.92 Å². The zero-order valence-electron chi connectivity index (χ0n) is 22.4. The monoisotopic (exact) mass is 502 g/mol. The molecule has 0 amide bonds. The van der Waals surface area contributed by atoms with Crippen LogP contribution in [0.1, 0.15) is 96.4 Å². The second kappa shape index (κ2) is 9.52. The van der Waals surface area contributed by atoms with Crippen LogP contribution in [0.2, 0.25) is 0 Å². The zero-order chi connectivity index (χ0) is 25.1. The number of anilines is 1. The summed E-state index contributed by atoms with van der Waals surface area (Å²) in [7, 11) is 0. The molecule has 3 aliphatic heterocycles. The lowest BCUT2D eigenvalue weighted by Crippen LogP contribution is -2.59. The number of ketones is 1. The molecule has 4 heterocycles. The van der Waals surface area contributed by atoms with Crippen molar-refractivity contribution < 1.29 is 4.79 Å². The number of piperidine rings is 2. The van der Waals surface area contributed by atoms with Crippen LogP contribution in [0.5, 0.6) is 0 Å². The lowest BCUT2D eigenvalue weighted by Gasteiger charge is -2.54. The van der Waals surface area contributed by atoms with Crippen LogP contribution in [0.3, 0.4) is 0 Å². The van der Waals surface area contributed by atoms with E-state index in [4.69, 9.17) is 4.98 Å². The Morgan fingerprint density at radius 2 is 1.51 bits per heavy atom. The van der Waals surface area contributed by atoms with Gasteiger partial charge in [-0.15, -0.1) is 0 Å². The van der Waals surface area contributed by atoms with Gasteiger partial charge in [-0.2, -0.15) is 0 Å². The first kappa shape index (κ1) is 23.9. The first-order valence-corrected chi connectivity index (χ1v) is 15.1. The molecule has 5 atom stereocenters. The van der Waals surface area contributed by atoms with E-state index in [-0.39, 0.29) is 23.4 Å². The molecule has 5 fully saturated rings. The Bertz CT molecular complexity index is 1210. The fourth-order valence-electron chi connectivity index (χ4n) is 9.06. The van der Waals surface area contributed by atoms with Gasteiger partial charge in [0, 0.05) is 30.7 Å². The first-order valence-electron chi connectivity index (χ1n) is 15.1. The van der Waals surface area contributed by atoms with Crippen molar-refractivity contribution >= 4 is 22.6 Å². The highest BCUT2D eigenvalue weighted by Crippen LogP contribution is 2.47. The lowest BCUT2D eigenvalue weighted by atomic mass is 9.73. The molecule has 6 nitrogen and oxygen atoms in total. The normalized spacial score (nSPS) is 36.1. The molecule has 2 aromatic rings. The van der Waals surface area contributed by atoms with Crippen LogP contribution in [0.4, 0.5) is 5.82 Å². The summed E-state index contributed by atoms with van der Waals surface area (Å²) in [5.74, 6) is 2.48. The molecular weight excluding hydrogens is 460 g/mol. The van der Waals surface area contributed by atoms with Gasteiger partial charge in [0.1, 0.15) is 0 Å². The minimum absolute atomic E-state index is 0.00450. The van der Waals surface area contributed by atoms with Crippen molar-refractivity contribution in [3.05, 3.63) is 34.6 Å². The number of para-hydroxylation sites is 2. The van der Waals surface area contributed by atoms with Crippen LogP contribution in [0.15, 0.2) is 29.1 Å². The van der Waals surface area contributed by atoms with E-state index in [1.165, 1.54) is 64.2 Å². The summed E-state index contributed by atoms with van der Waals surface area (Å²) in [5.41, 5.74) is 1.83. The minimum Gasteiger partial charge on any atom is -0.342 e. The third-order valence-corrected chi connectivity index (χ3v) is 10.7.